The number of fused-ring (bicyclic) bond motifs is 1. The summed E-state index contributed by atoms with van der Waals surface area (Å²) in [6, 6.07) is 11.9. The third-order valence-corrected chi connectivity index (χ3v) is 3.58. The number of halogens is 1. The van der Waals surface area contributed by atoms with Gasteiger partial charge in [0.05, 0.1) is 27.3 Å². The number of rotatable bonds is 2. The second kappa shape index (κ2) is 5.55. The topological polar surface area (TPSA) is 87.5 Å². The largest absolute Gasteiger partial charge is 0.363 e. The van der Waals surface area contributed by atoms with Gasteiger partial charge in [0.2, 0.25) is 0 Å². The van der Waals surface area contributed by atoms with Crippen molar-refractivity contribution < 1.29 is 19.2 Å². The molecule has 7 heteroatoms. The molecular weight excluding hydrogens is 320 g/mol. The number of nitriles is 1. The molecule has 0 saturated carbocycles. The summed E-state index contributed by atoms with van der Waals surface area (Å²) in [5.41, 5.74) is 0.421. The van der Waals surface area contributed by atoms with E-state index in [1.165, 1.54) is 30.3 Å². The predicted octanol–water partition coefficient (Wildman–Crippen LogP) is 2.58. The number of nitrogens with zero attached hydrogens (tertiary/aromatic N) is 2. The molecule has 0 bridgehead atoms. The van der Waals surface area contributed by atoms with Crippen LogP contribution in [0.3, 0.4) is 0 Å². The normalized spacial score (nSPS) is 12.8. The molecule has 0 atom stereocenters. The fourth-order valence-electron chi connectivity index (χ4n) is 2.12. The van der Waals surface area contributed by atoms with Crippen LogP contribution in [0.5, 0.6) is 0 Å². The first-order valence-corrected chi connectivity index (χ1v) is 6.80. The Balaban J connectivity index is 1.86. The van der Waals surface area contributed by atoms with Gasteiger partial charge >= 0.3 is 5.97 Å². The molecule has 1 aliphatic heterocycles. The van der Waals surface area contributed by atoms with Crippen molar-refractivity contribution in [2.24, 2.45) is 0 Å². The van der Waals surface area contributed by atoms with Gasteiger partial charge in [0, 0.05) is 0 Å². The van der Waals surface area contributed by atoms with Crippen molar-refractivity contribution in [3.05, 3.63) is 69.7 Å². The lowest BCUT2D eigenvalue weighted by atomic mass is 10.1. The SMILES string of the molecule is N#Cc1cc(C(=O)ON2C(=O)c3ccccc3C2=O)ccc1Cl. The molecule has 0 N–H and O–H groups in total. The maximum atomic E-state index is 12.1. The molecule has 23 heavy (non-hydrogen) atoms. The molecule has 2 aromatic carbocycles. The van der Waals surface area contributed by atoms with Gasteiger partial charge in [-0.25, -0.2) is 4.79 Å². The van der Waals surface area contributed by atoms with Gasteiger partial charge in [0.25, 0.3) is 11.8 Å². The molecule has 2 amide bonds. The van der Waals surface area contributed by atoms with E-state index >= 15 is 0 Å². The van der Waals surface area contributed by atoms with Crippen molar-refractivity contribution in [3.8, 4) is 6.07 Å². The lowest BCUT2D eigenvalue weighted by Crippen LogP contribution is -2.32. The number of imide groups is 1. The Labute approximate surface area is 135 Å². The summed E-state index contributed by atoms with van der Waals surface area (Å²) in [4.78, 5) is 41.2. The van der Waals surface area contributed by atoms with Crippen LogP contribution in [0.4, 0.5) is 0 Å². The zero-order valence-corrected chi connectivity index (χ0v) is 12.2. The van der Waals surface area contributed by atoms with E-state index in [-0.39, 0.29) is 27.3 Å². The van der Waals surface area contributed by atoms with Gasteiger partial charge in [0.1, 0.15) is 6.07 Å². The van der Waals surface area contributed by atoms with Gasteiger partial charge in [0.15, 0.2) is 0 Å². The van der Waals surface area contributed by atoms with Gasteiger partial charge in [-0.2, -0.15) is 5.26 Å². The zero-order valence-electron chi connectivity index (χ0n) is 11.4. The van der Waals surface area contributed by atoms with Crippen molar-refractivity contribution in [2.45, 2.75) is 0 Å². The summed E-state index contributed by atoms with van der Waals surface area (Å²) in [5, 5.41) is 9.50. The average Bonchev–Trinajstić information content (AvgIpc) is 2.80. The minimum absolute atomic E-state index is 0.00232. The van der Waals surface area contributed by atoms with Gasteiger partial charge in [-0.1, -0.05) is 28.8 Å². The first-order chi connectivity index (χ1) is 11.0. The zero-order chi connectivity index (χ0) is 16.6. The lowest BCUT2D eigenvalue weighted by Gasteiger charge is -2.12. The highest BCUT2D eigenvalue weighted by molar-refractivity contribution is 6.31. The van der Waals surface area contributed by atoms with Gasteiger partial charge in [-0.15, -0.1) is 0 Å². The molecule has 0 aromatic heterocycles. The number of hydrogen-bond donors (Lipinski definition) is 0. The highest BCUT2D eigenvalue weighted by atomic mass is 35.5. The molecule has 0 radical (unpaired) electrons. The third-order valence-electron chi connectivity index (χ3n) is 3.25. The van der Waals surface area contributed by atoms with Crippen LogP contribution in [-0.2, 0) is 4.84 Å². The van der Waals surface area contributed by atoms with Crippen molar-refractivity contribution in [1.82, 2.24) is 5.06 Å². The average molecular weight is 327 g/mol. The molecule has 112 valence electrons. The fraction of sp³-hybridized carbons (Fsp3) is 0. The number of amides is 2. The van der Waals surface area contributed by atoms with E-state index in [0.717, 1.165) is 0 Å². The molecule has 1 aliphatic rings. The summed E-state index contributed by atoms with van der Waals surface area (Å²) in [6.07, 6.45) is 0. The lowest BCUT2D eigenvalue weighted by molar-refractivity contribution is -0.0584. The number of hydrogen-bond acceptors (Lipinski definition) is 5. The number of carbonyl (C=O) groups is 3. The van der Waals surface area contributed by atoms with Crippen molar-refractivity contribution in [2.75, 3.05) is 0 Å². The smallest absolute Gasteiger partial charge is 0.324 e. The molecule has 6 nitrogen and oxygen atoms in total. The molecule has 0 saturated heterocycles. The maximum Gasteiger partial charge on any atom is 0.363 e. The van der Waals surface area contributed by atoms with Crippen molar-refractivity contribution in [1.29, 1.82) is 5.26 Å². The monoisotopic (exact) mass is 326 g/mol. The Kier molecular flexibility index (Phi) is 3.56. The Bertz CT molecular complexity index is 866. The van der Waals surface area contributed by atoms with Crippen LogP contribution >= 0.6 is 11.6 Å². The van der Waals surface area contributed by atoms with Gasteiger partial charge < -0.3 is 4.84 Å². The van der Waals surface area contributed by atoms with Crippen LogP contribution in [-0.4, -0.2) is 22.8 Å². The van der Waals surface area contributed by atoms with E-state index in [1.807, 2.05) is 6.07 Å². The Morgan fingerprint density at radius 3 is 2.26 bits per heavy atom. The first kappa shape index (κ1) is 14.8. The number of benzene rings is 2. The van der Waals surface area contributed by atoms with Crippen LogP contribution in [0.2, 0.25) is 5.02 Å². The van der Waals surface area contributed by atoms with Crippen LogP contribution in [0.15, 0.2) is 42.5 Å². The van der Waals surface area contributed by atoms with Gasteiger partial charge in [-0.3, -0.25) is 9.59 Å². The van der Waals surface area contributed by atoms with E-state index in [1.54, 1.807) is 12.1 Å². The van der Waals surface area contributed by atoms with E-state index in [9.17, 15) is 14.4 Å². The van der Waals surface area contributed by atoms with Crippen LogP contribution < -0.4 is 0 Å². The molecule has 3 rings (SSSR count). The Hall–Kier alpha value is -3.17. The molecule has 0 unspecified atom stereocenters. The Morgan fingerprint density at radius 1 is 1.09 bits per heavy atom. The second-order valence-electron chi connectivity index (χ2n) is 4.64. The highest BCUT2D eigenvalue weighted by Crippen LogP contribution is 2.24. The summed E-state index contributed by atoms with van der Waals surface area (Å²) in [5.74, 6) is -2.37. The van der Waals surface area contributed by atoms with Gasteiger partial charge in [-0.05, 0) is 30.3 Å². The van der Waals surface area contributed by atoms with Crippen molar-refractivity contribution in [3.63, 3.8) is 0 Å². The molecule has 0 aliphatic carbocycles. The minimum Gasteiger partial charge on any atom is -0.324 e. The van der Waals surface area contributed by atoms with E-state index in [4.69, 9.17) is 21.7 Å². The summed E-state index contributed by atoms with van der Waals surface area (Å²) in [7, 11) is 0. The summed E-state index contributed by atoms with van der Waals surface area (Å²) < 4.78 is 0. The van der Waals surface area contributed by atoms with E-state index in [2.05, 4.69) is 0 Å². The molecule has 1 heterocycles. The molecule has 0 spiro atoms. The second-order valence-corrected chi connectivity index (χ2v) is 5.04. The van der Waals surface area contributed by atoms with Crippen molar-refractivity contribution >= 4 is 29.4 Å². The highest BCUT2D eigenvalue weighted by Gasteiger charge is 2.38. The van der Waals surface area contributed by atoms with E-state index in [0.29, 0.717) is 5.06 Å². The molecular formula is C16H7ClN2O4. The predicted molar refractivity (Wildman–Crippen MR) is 78.5 cm³/mol. The molecule has 2 aromatic rings. The minimum atomic E-state index is -0.937. The number of carbonyl (C=O) groups excluding carboxylic acids is 3. The summed E-state index contributed by atoms with van der Waals surface area (Å²) in [6.45, 7) is 0. The fourth-order valence-corrected chi connectivity index (χ4v) is 2.28. The number of hydroxylamine groups is 2. The quantitative estimate of drug-likeness (QED) is 0.791. The van der Waals surface area contributed by atoms with Crippen LogP contribution in [0.25, 0.3) is 0 Å². The first-order valence-electron chi connectivity index (χ1n) is 6.42. The summed E-state index contributed by atoms with van der Waals surface area (Å²) >= 11 is 5.79. The van der Waals surface area contributed by atoms with Crippen LogP contribution in [0.1, 0.15) is 36.6 Å². The standard InChI is InChI=1S/C16H7ClN2O4/c17-13-6-5-9(7-10(13)8-18)16(22)23-19-14(20)11-3-1-2-4-12(11)15(19)21/h1-7H. The Morgan fingerprint density at radius 2 is 1.70 bits per heavy atom. The third kappa shape index (κ3) is 2.43. The maximum absolute atomic E-state index is 12.1. The van der Waals surface area contributed by atoms with Crippen LogP contribution in [0, 0.1) is 11.3 Å². The molecule has 0 fully saturated rings. The van der Waals surface area contributed by atoms with E-state index < -0.39 is 17.8 Å².